The van der Waals surface area contributed by atoms with Gasteiger partial charge in [-0.25, -0.2) is 0 Å². The van der Waals surface area contributed by atoms with Crippen LogP contribution in [0.15, 0.2) is 34.4 Å². The molecule has 9 saturated carbocycles. The summed E-state index contributed by atoms with van der Waals surface area (Å²) in [5.41, 5.74) is 12.8. The number of ether oxygens (including phenoxy) is 1. The van der Waals surface area contributed by atoms with Crippen LogP contribution in [-0.4, -0.2) is 12.7 Å². The SMILES string of the molecule is CC.CC(C)(C)C1CC2CCC1(C)C2(C)C.CC(C)CC1CC(C)(C(C)(C)C)CCO1.CC(C)[C@@H]1CC[C@@H](C)C[C@H]1C.CC1=CC(C(C)(C)C)CC(C)C2CC(=C(C)C)CC12.CC1=CCC(C(C)C)(C(C)(C)C)CC1.CC1[C@@H]2C[C@@H](CC2C(C)(C)C)C1(C)C.CC1[C@@H]2C[C@@H](CC2C2CCCC(C(C)(C)C)C2)C1(C)C. The molecule has 0 radical (unpaired) electrons. The first kappa shape index (κ1) is 98.8. The molecule has 1 nitrogen and oxygen atoms in total. The Morgan fingerprint density at radius 1 is 0.532 bits per heavy atom. The smallest absolute Gasteiger partial charge is 0.0583 e. The average Bonchev–Trinajstić information content (AvgIpc) is 1.57. The number of allylic oxidation sites excluding steroid dienone is 6. The first-order valence-corrected chi connectivity index (χ1v) is 48.1. The Bertz CT molecular complexity index is 2830. The van der Waals surface area contributed by atoms with Crippen LogP contribution in [0.3, 0.4) is 0 Å². The van der Waals surface area contributed by atoms with Gasteiger partial charge in [0.25, 0.3) is 0 Å². The zero-order valence-electron chi connectivity index (χ0n) is 82.8. The van der Waals surface area contributed by atoms with Gasteiger partial charge in [-0.15, -0.1) is 0 Å². The monoisotopic (exact) mass is 1520 g/mol. The fourth-order valence-corrected chi connectivity index (χ4v) is 27.1. The van der Waals surface area contributed by atoms with E-state index in [-0.39, 0.29) is 0 Å². The van der Waals surface area contributed by atoms with Crippen LogP contribution in [0.25, 0.3) is 0 Å². The third-order valence-corrected chi connectivity index (χ3v) is 37.2. The van der Waals surface area contributed by atoms with Crippen LogP contribution in [-0.2, 0) is 4.74 Å². The molecule has 1 aliphatic heterocycles. The molecule has 11 aliphatic carbocycles. The third kappa shape index (κ3) is 23.4. The molecule has 6 bridgehead atoms. The molecule has 0 aromatic carbocycles. The fourth-order valence-electron chi connectivity index (χ4n) is 27.1. The minimum atomic E-state index is 0.395. The summed E-state index contributed by atoms with van der Waals surface area (Å²) in [6, 6.07) is 0. The molecule has 1 saturated heterocycles. The summed E-state index contributed by atoms with van der Waals surface area (Å²) < 4.78 is 5.88. The largest absolute Gasteiger partial charge is 0.378 e. The third-order valence-electron chi connectivity index (χ3n) is 37.2. The standard InChI is InChI=1S/C20H36.C19H32.C14H28O.3C14H26.C11H22.C2H6/c1-13-17-11-16(20(13,5)6)12-18(17)14-8-7-9-15(10-14)19(2,3)4;1-12(2)15-10-17-13(3)8-16(19(5,6)7)9-14(4)18(17)11-15;1-11(2)9-12-10-14(6,7-8-15-12)13(3,4)5;1-9-11-7-10(14(9,5)6)8-12(11)13(2,3)4;1-12(2,3)11-9-10-7-8-14(11,6)13(10,4)5;1-11(2)14(13(4,5)6)9-7-12(3)8-10-14;1-8(2)11-6-5-9(3)7-10(11)4;1-2/h13-18H,7-12H2,1-6H3;8,14,16-18H,9-11H2,1-7H3;11-12H,7-10H2,1-6H3;9-12H,7-8H2,1-6H3;10-11H,7-9H2,1-6H3;7,11H,8-10H2,1-6H3;8-11H,5-7H2,1-4H3;1-2H3/t13?,14?,15?,16-,17-,18?;;;9?,10-,11-,12?;;;9-,10-,11+;/m0..0..1./s1. The van der Waals surface area contributed by atoms with Crippen LogP contribution in [0, 0.1) is 195 Å². The van der Waals surface area contributed by atoms with Crippen molar-refractivity contribution in [3.63, 3.8) is 0 Å². The first-order chi connectivity index (χ1) is 49.5. The highest BCUT2D eigenvalue weighted by Gasteiger charge is 2.64. The summed E-state index contributed by atoms with van der Waals surface area (Å²) in [6.45, 7) is 104. The molecule has 12 aliphatic rings. The maximum absolute atomic E-state index is 5.88. The lowest BCUT2D eigenvalue weighted by Crippen LogP contribution is -2.42. The van der Waals surface area contributed by atoms with E-state index in [1.807, 2.05) is 13.8 Å². The van der Waals surface area contributed by atoms with Gasteiger partial charge in [0.05, 0.1) is 6.10 Å². The van der Waals surface area contributed by atoms with Gasteiger partial charge in [-0.05, 0) is 351 Å². The van der Waals surface area contributed by atoms with Gasteiger partial charge in [0.15, 0.2) is 0 Å². The predicted molar refractivity (Wildman–Crippen MR) is 489 cm³/mol. The van der Waals surface area contributed by atoms with Gasteiger partial charge in [-0.3, -0.25) is 0 Å². The predicted octanol–water partition coefficient (Wildman–Crippen LogP) is 34.8. The van der Waals surface area contributed by atoms with E-state index < -0.39 is 0 Å². The summed E-state index contributed by atoms with van der Waals surface area (Å²) in [5.74, 6) is 20.7. The molecule has 16 unspecified atom stereocenters. The van der Waals surface area contributed by atoms with Crippen LogP contribution < -0.4 is 0 Å². The van der Waals surface area contributed by atoms with Crippen molar-refractivity contribution in [3.8, 4) is 0 Å². The van der Waals surface area contributed by atoms with Crippen molar-refractivity contribution in [3.05, 3.63) is 34.4 Å². The van der Waals surface area contributed by atoms with Crippen molar-refractivity contribution in [2.75, 3.05) is 6.61 Å². The molecular weight excluding hydrogens is 1310 g/mol. The Morgan fingerprint density at radius 2 is 1.09 bits per heavy atom. The van der Waals surface area contributed by atoms with E-state index in [2.05, 4.69) is 296 Å². The number of rotatable bonds is 5. The van der Waals surface area contributed by atoms with E-state index in [4.69, 9.17) is 4.74 Å². The minimum Gasteiger partial charge on any atom is -0.378 e. The Balaban J connectivity index is 0.000000229. The maximum Gasteiger partial charge on any atom is 0.0583 e. The molecule has 0 spiro atoms. The maximum atomic E-state index is 5.88. The Kier molecular flexibility index (Phi) is 34.1. The lowest BCUT2D eigenvalue weighted by Gasteiger charge is -2.50. The summed E-state index contributed by atoms with van der Waals surface area (Å²) >= 11 is 0. The van der Waals surface area contributed by atoms with Crippen molar-refractivity contribution in [1.82, 2.24) is 0 Å². The quantitative estimate of drug-likeness (QED) is 0.249. The van der Waals surface area contributed by atoms with Crippen LogP contribution in [0.1, 0.15) is 445 Å². The molecule has 1 heterocycles. The van der Waals surface area contributed by atoms with E-state index >= 15 is 0 Å². The summed E-state index contributed by atoms with van der Waals surface area (Å²) in [7, 11) is 0. The highest BCUT2D eigenvalue weighted by Crippen LogP contribution is 2.72. The molecule has 0 aromatic rings. The molecule has 23 atom stereocenters. The van der Waals surface area contributed by atoms with Gasteiger partial charge >= 0.3 is 0 Å². The number of hydrogen-bond acceptors (Lipinski definition) is 1. The fraction of sp³-hybridized carbons (Fsp3) is 0.944. The van der Waals surface area contributed by atoms with Crippen molar-refractivity contribution in [2.24, 2.45) is 195 Å². The summed E-state index contributed by atoms with van der Waals surface area (Å²) in [4.78, 5) is 0. The molecular formula is C108H202O. The van der Waals surface area contributed by atoms with E-state index in [0.29, 0.717) is 71.1 Å². The van der Waals surface area contributed by atoms with Crippen molar-refractivity contribution < 1.29 is 4.74 Å². The van der Waals surface area contributed by atoms with E-state index in [1.54, 1.807) is 35.1 Å². The molecule has 640 valence electrons. The van der Waals surface area contributed by atoms with E-state index in [0.717, 1.165) is 137 Å². The van der Waals surface area contributed by atoms with Crippen molar-refractivity contribution in [2.45, 2.75) is 452 Å². The minimum absolute atomic E-state index is 0.395. The second-order valence-corrected chi connectivity index (χ2v) is 51.4. The Labute approximate surface area is 688 Å². The summed E-state index contributed by atoms with van der Waals surface area (Å²) in [5, 5.41) is 0. The lowest BCUT2D eigenvalue weighted by atomic mass is 9.55. The van der Waals surface area contributed by atoms with Crippen LogP contribution in [0.2, 0.25) is 0 Å². The molecule has 0 amide bonds. The van der Waals surface area contributed by atoms with Gasteiger partial charge in [0.1, 0.15) is 0 Å². The lowest BCUT2D eigenvalue weighted by molar-refractivity contribution is -0.0892. The highest BCUT2D eigenvalue weighted by atomic mass is 16.5. The van der Waals surface area contributed by atoms with Crippen LogP contribution >= 0.6 is 0 Å². The average molecular weight is 1520 g/mol. The molecule has 0 aromatic heterocycles. The molecule has 12 rings (SSSR count). The molecule has 109 heavy (non-hydrogen) atoms. The van der Waals surface area contributed by atoms with Gasteiger partial charge in [0.2, 0.25) is 0 Å². The molecule has 0 N–H and O–H groups in total. The van der Waals surface area contributed by atoms with Gasteiger partial charge in [-0.2, -0.15) is 0 Å². The summed E-state index contributed by atoms with van der Waals surface area (Å²) in [6.07, 6.45) is 38.2. The van der Waals surface area contributed by atoms with Gasteiger partial charge in [-0.1, -0.05) is 324 Å². The van der Waals surface area contributed by atoms with Crippen molar-refractivity contribution in [1.29, 1.82) is 0 Å². The second-order valence-electron chi connectivity index (χ2n) is 51.4. The Hall–Kier alpha value is -0.820. The van der Waals surface area contributed by atoms with E-state index in [9.17, 15) is 0 Å². The zero-order chi connectivity index (χ0) is 83.7. The van der Waals surface area contributed by atoms with Crippen LogP contribution in [0.4, 0.5) is 0 Å². The van der Waals surface area contributed by atoms with Gasteiger partial charge in [0, 0.05) is 6.61 Å². The second kappa shape index (κ2) is 37.6. The molecule has 10 fully saturated rings. The number of hydrogen-bond donors (Lipinski definition) is 0. The Morgan fingerprint density at radius 3 is 1.50 bits per heavy atom. The normalized spacial score (nSPS) is 39.2. The first-order valence-electron chi connectivity index (χ1n) is 48.1. The topological polar surface area (TPSA) is 9.23 Å². The van der Waals surface area contributed by atoms with Gasteiger partial charge < -0.3 is 4.74 Å². The molecule has 1 heteroatoms. The van der Waals surface area contributed by atoms with Crippen LogP contribution in [0.5, 0.6) is 0 Å². The van der Waals surface area contributed by atoms with Crippen molar-refractivity contribution >= 4 is 0 Å². The number of fused-ring (bicyclic) bond motifs is 7. The highest BCUT2D eigenvalue weighted by molar-refractivity contribution is 5.25. The van der Waals surface area contributed by atoms with E-state index in [1.165, 1.54) is 135 Å². The zero-order valence-corrected chi connectivity index (χ0v) is 82.8.